The van der Waals surface area contributed by atoms with E-state index in [1.165, 1.54) is 17.7 Å². The number of carbonyl (C=O) groups excluding carboxylic acids is 1. The Labute approximate surface area is 166 Å². The molecule has 0 unspecified atom stereocenters. The van der Waals surface area contributed by atoms with Crippen LogP contribution in [-0.4, -0.2) is 25.7 Å². The maximum atomic E-state index is 12.6. The summed E-state index contributed by atoms with van der Waals surface area (Å²) in [5.74, 6) is -0.0936. The van der Waals surface area contributed by atoms with Crippen LogP contribution in [-0.2, 0) is 13.1 Å². The van der Waals surface area contributed by atoms with Gasteiger partial charge in [0.1, 0.15) is 22.5 Å². The highest BCUT2D eigenvalue weighted by Gasteiger charge is 2.15. The van der Waals surface area contributed by atoms with Gasteiger partial charge in [-0.25, -0.2) is 14.6 Å². The number of nitrogens with zero attached hydrogens (tertiary/aromatic N) is 4. The summed E-state index contributed by atoms with van der Waals surface area (Å²) in [6.45, 7) is 3.02. The average Bonchev–Trinajstić information content (AvgIpc) is 3.37. The molecule has 0 radical (unpaired) electrons. The normalized spacial score (nSPS) is 10.8. The highest BCUT2D eigenvalue weighted by Crippen LogP contribution is 2.27. The van der Waals surface area contributed by atoms with Gasteiger partial charge in [0.15, 0.2) is 0 Å². The van der Waals surface area contributed by atoms with Gasteiger partial charge in [-0.3, -0.25) is 4.79 Å². The summed E-state index contributed by atoms with van der Waals surface area (Å²) in [6.07, 6.45) is 3.21. The zero-order valence-electron chi connectivity index (χ0n) is 15.4. The zero-order valence-corrected chi connectivity index (χ0v) is 16.2. The summed E-state index contributed by atoms with van der Waals surface area (Å²) in [5, 5.41) is 7.95. The van der Waals surface area contributed by atoms with Gasteiger partial charge in [-0.05, 0) is 18.1 Å². The van der Waals surface area contributed by atoms with E-state index in [1.54, 1.807) is 11.0 Å². The molecule has 6 nitrogen and oxygen atoms in total. The van der Waals surface area contributed by atoms with Gasteiger partial charge in [-0.2, -0.15) is 5.10 Å². The summed E-state index contributed by atoms with van der Waals surface area (Å²) in [5.41, 5.74) is 3.95. The third-order valence-corrected chi connectivity index (χ3v) is 5.52. The quantitative estimate of drug-likeness (QED) is 0.546. The van der Waals surface area contributed by atoms with Crippen LogP contribution in [0.4, 0.5) is 0 Å². The molecule has 1 N–H and O–H groups in total. The van der Waals surface area contributed by atoms with Crippen molar-refractivity contribution >= 4 is 17.2 Å². The molecule has 0 fully saturated rings. The molecule has 7 heteroatoms. The van der Waals surface area contributed by atoms with E-state index in [0.717, 1.165) is 27.4 Å². The number of thiazole rings is 1. The van der Waals surface area contributed by atoms with Crippen molar-refractivity contribution in [3.8, 4) is 10.6 Å². The second-order valence-electron chi connectivity index (χ2n) is 6.39. The van der Waals surface area contributed by atoms with Crippen molar-refractivity contribution in [1.29, 1.82) is 0 Å². The van der Waals surface area contributed by atoms with Crippen LogP contribution in [0.3, 0.4) is 0 Å². The van der Waals surface area contributed by atoms with Gasteiger partial charge in [0.05, 0.1) is 12.2 Å². The largest absolute Gasteiger partial charge is 0.347 e. The minimum absolute atomic E-state index is 0.0936. The Morgan fingerprint density at radius 1 is 1.07 bits per heavy atom. The van der Waals surface area contributed by atoms with Gasteiger partial charge in [-0.15, -0.1) is 11.3 Å². The van der Waals surface area contributed by atoms with E-state index in [0.29, 0.717) is 18.0 Å². The van der Waals surface area contributed by atoms with E-state index >= 15 is 0 Å². The molecular formula is C21H19N5OS. The SMILES string of the molecule is Cc1nc(-c2ccccc2)sc1C(=O)NCc1ccc(Cn2cncn2)cc1. The Kier molecular flexibility index (Phi) is 5.25. The van der Waals surface area contributed by atoms with Gasteiger partial charge in [-0.1, -0.05) is 54.6 Å². The second kappa shape index (κ2) is 8.14. The van der Waals surface area contributed by atoms with E-state index in [9.17, 15) is 4.79 Å². The van der Waals surface area contributed by atoms with Crippen molar-refractivity contribution in [2.45, 2.75) is 20.0 Å². The lowest BCUT2D eigenvalue weighted by molar-refractivity contribution is 0.0954. The number of carbonyl (C=O) groups is 1. The Morgan fingerprint density at radius 2 is 1.82 bits per heavy atom. The number of amides is 1. The van der Waals surface area contributed by atoms with Gasteiger partial charge >= 0.3 is 0 Å². The first-order chi connectivity index (χ1) is 13.7. The molecule has 2 heterocycles. The molecule has 0 atom stereocenters. The number of hydrogen-bond acceptors (Lipinski definition) is 5. The molecule has 0 aliphatic rings. The molecule has 0 saturated carbocycles. The van der Waals surface area contributed by atoms with Crippen molar-refractivity contribution in [1.82, 2.24) is 25.1 Å². The van der Waals surface area contributed by atoms with E-state index < -0.39 is 0 Å². The number of rotatable bonds is 6. The Bertz CT molecular complexity index is 1060. The maximum Gasteiger partial charge on any atom is 0.263 e. The van der Waals surface area contributed by atoms with Crippen LogP contribution in [0.15, 0.2) is 67.3 Å². The van der Waals surface area contributed by atoms with Crippen molar-refractivity contribution in [2.75, 3.05) is 0 Å². The van der Waals surface area contributed by atoms with E-state index in [2.05, 4.69) is 20.4 Å². The van der Waals surface area contributed by atoms with Gasteiger partial charge < -0.3 is 5.32 Å². The summed E-state index contributed by atoms with van der Waals surface area (Å²) >= 11 is 1.42. The predicted molar refractivity (Wildman–Crippen MR) is 109 cm³/mol. The van der Waals surface area contributed by atoms with Crippen LogP contribution in [0.2, 0.25) is 0 Å². The second-order valence-corrected chi connectivity index (χ2v) is 7.39. The lowest BCUT2D eigenvalue weighted by Crippen LogP contribution is -2.22. The van der Waals surface area contributed by atoms with Gasteiger partial charge in [0, 0.05) is 12.1 Å². The third kappa shape index (κ3) is 4.15. The molecule has 2 aromatic carbocycles. The lowest BCUT2D eigenvalue weighted by atomic mass is 10.1. The molecule has 0 aliphatic heterocycles. The molecule has 0 aliphatic carbocycles. The Balaban J connectivity index is 1.38. The van der Waals surface area contributed by atoms with Crippen LogP contribution < -0.4 is 5.32 Å². The fraction of sp³-hybridized carbons (Fsp3) is 0.143. The van der Waals surface area contributed by atoms with Crippen molar-refractivity contribution in [2.24, 2.45) is 0 Å². The summed E-state index contributed by atoms with van der Waals surface area (Å²) in [7, 11) is 0. The van der Waals surface area contributed by atoms with Crippen LogP contribution in [0, 0.1) is 6.92 Å². The standard InChI is InChI=1S/C21H19N5OS/c1-15-19(28-21(25-15)18-5-3-2-4-6-18)20(27)23-11-16-7-9-17(10-8-16)12-26-14-22-13-24-26/h2-10,13-14H,11-12H2,1H3,(H,23,27). The fourth-order valence-corrected chi connectivity index (χ4v) is 3.83. The van der Waals surface area contributed by atoms with Crippen molar-refractivity contribution in [3.63, 3.8) is 0 Å². The molecule has 4 aromatic rings. The molecule has 140 valence electrons. The summed E-state index contributed by atoms with van der Waals surface area (Å²) in [6, 6.07) is 18.0. The topological polar surface area (TPSA) is 72.7 Å². The van der Waals surface area contributed by atoms with Crippen LogP contribution >= 0.6 is 11.3 Å². The van der Waals surface area contributed by atoms with Crippen LogP contribution in [0.25, 0.3) is 10.6 Å². The zero-order chi connectivity index (χ0) is 19.3. The number of aromatic nitrogens is 4. The van der Waals surface area contributed by atoms with Crippen molar-refractivity contribution in [3.05, 3.63) is 88.9 Å². The smallest absolute Gasteiger partial charge is 0.263 e. The molecular weight excluding hydrogens is 370 g/mol. The predicted octanol–water partition coefficient (Wildman–Crippen LogP) is 3.69. The van der Waals surface area contributed by atoms with Gasteiger partial charge in [0.2, 0.25) is 0 Å². The number of hydrogen-bond donors (Lipinski definition) is 1. The minimum Gasteiger partial charge on any atom is -0.347 e. The number of nitrogens with one attached hydrogen (secondary N) is 1. The van der Waals surface area contributed by atoms with E-state index in [-0.39, 0.29) is 5.91 Å². The van der Waals surface area contributed by atoms with E-state index in [4.69, 9.17) is 0 Å². The molecule has 4 rings (SSSR count). The van der Waals surface area contributed by atoms with Crippen LogP contribution in [0.1, 0.15) is 26.5 Å². The molecule has 0 bridgehead atoms. The molecule has 0 saturated heterocycles. The maximum absolute atomic E-state index is 12.6. The first kappa shape index (κ1) is 18.1. The number of benzene rings is 2. The highest BCUT2D eigenvalue weighted by atomic mass is 32.1. The summed E-state index contributed by atoms with van der Waals surface area (Å²) < 4.78 is 1.77. The molecule has 2 aromatic heterocycles. The lowest BCUT2D eigenvalue weighted by Gasteiger charge is -2.06. The first-order valence-electron chi connectivity index (χ1n) is 8.90. The number of aryl methyl sites for hydroxylation is 1. The Hall–Kier alpha value is -3.32. The highest BCUT2D eigenvalue weighted by molar-refractivity contribution is 7.17. The fourth-order valence-electron chi connectivity index (χ4n) is 2.84. The summed E-state index contributed by atoms with van der Waals surface area (Å²) in [4.78, 5) is 21.7. The average molecular weight is 389 g/mol. The molecule has 1 amide bonds. The van der Waals surface area contributed by atoms with Gasteiger partial charge in [0.25, 0.3) is 5.91 Å². The molecule has 0 spiro atoms. The third-order valence-electron chi connectivity index (χ3n) is 4.31. The van der Waals surface area contributed by atoms with E-state index in [1.807, 2.05) is 61.5 Å². The Morgan fingerprint density at radius 3 is 2.54 bits per heavy atom. The van der Waals surface area contributed by atoms with Crippen LogP contribution in [0.5, 0.6) is 0 Å². The monoisotopic (exact) mass is 389 g/mol. The minimum atomic E-state index is -0.0936. The first-order valence-corrected chi connectivity index (χ1v) is 9.72. The van der Waals surface area contributed by atoms with Crippen molar-refractivity contribution < 1.29 is 4.79 Å². The molecule has 28 heavy (non-hydrogen) atoms.